The van der Waals surface area contributed by atoms with Gasteiger partial charge in [-0.3, -0.25) is 4.57 Å². The minimum Gasteiger partial charge on any atom is -0.308 e. The molecule has 18 heavy (non-hydrogen) atoms. The Hall–Kier alpha value is -0.630. The second-order valence-electron chi connectivity index (χ2n) is 5.10. The van der Waals surface area contributed by atoms with Crippen molar-refractivity contribution in [3.05, 3.63) is 35.9 Å². The average molecular weight is 267 g/mol. The van der Waals surface area contributed by atoms with Gasteiger partial charge in [0.05, 0.1) is 0 Å². The van der Waals surface area contributed by atoms with Gasteiger partial charge in [-0.1, -0.05) is 37.3 Å². The summed E-state index contributed by atoms with van der Waals surface area (Å²) in [5.41, 5.74) is 1.11. The third kappa shape index (κ3) is 2.27. The molecule has 0 saturated carbocycles. The number of nitrogens with zero attached hydrogens (tertiary/aromatic N) is 1. The smallest absolute Gasteiger partial charge is 0.273 e. The Labute approximate surface area is 110 Å². The van der Waals surface area contributed by atoms with Crippen molar-refractivity contribution in [3.63, 3.8) is 0 Å². The van der Waals surface area contributed by atoms with E-state index in [9.17, 15) is 4.57 Å². The molecule has 3 nitrogen and oxygen atoms in total. The van der Waals surface area contributed by atoms with Crippen molar-refractivity contribution in [2.75, 3.05) is 6.16 Å². The number of rotatable bonds is 3. The van der Waals surface area contributed by atoms with Gasteiger partial charge in [-0.15, -0.1) is 0 Å². The first-order valence-corrected chi connectivity index (χ1v) is 8.37. The highest BCUT2D eigenvalue weighted by Gasteiger charge is 2.48. The van der Waals surface area contributed by atoms with E-state index in [0.717, 1.165) is 5.56 Å². The Balaban J connectivity index is 2.35. The zero-order valence-corrected chi connectivity index (χ0v) is 12.4. The molecule has 1 aliphatic heterocycles. The number of benzene rings is 1. The Morgan fingerprint density at radius 3 is 2.39 bits per heavy atom. The third-order valence-electron chi connectivity index (χ3n) is 3.54. The van der Waals surface area contributed by atoms with Crippen LogP contribution in [0.5, 0.6) is 0 Å². The normalized spacial score (nSPS) is 33.2. The molecule has 0 N–H and O–H groups in total. The van der Waals surface area contributed by atoms with E-state index in [1.54, 1.807) is 0 Å². The van der Waals surface area contributed by atoms with E-state index in [-0.39, 0.29) is 18.2 Å². The first-order chi connectivity index (χ1) is 8.49. The van der Waals surface area contributed by atoms with Gasteiger partial charge in [-0.25, -0.2) is 4.67 Å². The second kappa shape index (κ2) is 5.16. The summed E-state index contributed by atoms with van der Waals surface area (Å²) in [5, 5.41) is 0. The molecule has 0 spiro atoms. The molecule has 0 unspecified atom stereocenters. The van der Waals surface area contributed by atoms with Gasteiger partial charge < -0.3 is 4.52 Å². The molecule has 0 radical (unpaired) electrons. The SMILES string of the molecule is CC[P@@]1(=O)O[C@@H](c2ccccc2)[C@@H](C)N1C(C)C. The topological polar surface area (TPSA) is 29.5 Å². The summed E-state index contributed by atoms with van der Waals surface area (Å²) in [6.45, 7) is 8.20. The zero-order chi connectivity index (χ0) is 13.3. The van der Waals surface area contributed by atoms with Crippen molar-refractivity contribution >= 4 is 7.52 Å². The fraction of sp³-hybridized carbons (Fsp3) is 0.571. The summed E-state index contributed by atoms with van der Waals surface area (Å²) in [4.78, 5) is 0. The summed E-state index contributed by atoms with van der Waals surface area (Å²) in [7, 11) is -2.66. The maximum absolute atomic E-state index is 12.9. The fourth-order valence-corrected chi connectivity index (χ4v) is 5.40. The van der Waals surface area contributed by atoms with Crippen LogP contribution in [0.1, 0.15) is 39.4 Å². The lowest BCUT2D eigenvalue weighted by Gasteiger charge is -2.28. The standard InChI is InChI=1S/C14H22NO2P/c1-5-18(16)15(11(2)3)12(4)14(17-18)13-9-7-6-8-10-13/h6-12,14H,5H2,1-4H3/t12-,14-,18-/m1/s1. The molecule has 0 bridgehead atoms. The molecule has 0 aromatic heterocycles. The van der Waals surface area contributed by atoms with E-state index >= 15 is 0 Å². The maximum atomic E-state index is 12.9. The molecule has 4 heteroatoms. The Bertz CT molecular complexity index is 446. The van der Waals surface area contributed by atoms with Gasteiger partial charge in [0, 0.05) is 18.2 Å². The van der Waals surface area contributed by atoms with E-state index in [1.807, 2.05) is 37.3 Å². The minimum atomic E-state index is -2.66. The molecular weight excluding hydrogens is 245 g/mol. The lowest BCUT2D eigenvalue weighted by Crippen LogP contribution is -2.33. The second-order valence-corrected chi connectivity index (χ2v) is 7.68. The van der Waals surface area contributed by atoms with Gasteiger partial charge >= 0.3 is 0 Å². The molecule has 0 amide bonds. The van der Waals surface area contributed by atoms with Crippen molar-refractivity contribution in [3.8, 4) is 0 Å². The van der Waals surface area contributed by atoms with Gasteiger partial charge in [0.25, 0.3) is 7.52 Å². The summed E-state index contributed by atoms with van der Waals surface area (Å²) in [6, 6.07) is 10.5. The molecule has 1 heterocycles. The summed E-state index contributed by atoms with van der Waals surface area (Å²) < 4.78 is 20.9. The highest BCUT2D eigenvalue weighted by molar-refractivity contribution is 7.56. The molecule has 100 valence electrons. The number of hydrogen-bond acceptors (Lipinski definition) is 2. The molecule has 1 aliphatic rings. The van der Waals surface area contributed by atoms with Crippen LogP contribution in [-0.4, -0.2) is 22.9 Å². The van der Waals surface area contributed by atoms with Crippen molar-refractivity contribution in [1.82, 2.24) is 4.67 Å². The van der Waals surface area contributed by atoms with Crippen LogP contribution in [0, 0.1) is 0 Å². The van der Waals surface area contributed by atoms with Gasteiger partial charge in [0.1, 0.15) is 6.10 Å². The lowest BCUT2D eigenvalue weighted by molar-refractivity contribution is 0.197. The van der Waals surface area contributed by atoms with Crippen LogP contribution in [-0.2, 0) is 9.09 Å². The Kier molecular flexibility index (Phi) is 3.96. The van der Waals surface area contributed by atoms with Crippen LogP contribution in [0.25, 0.3) is 0 Å². The molecule has 2 rings (SSSR count). The van der Waals surface area contributed by atoms with Crippen LogP contribution >= 0.6 is 7.52 Å². The highest BCUT2D eigenvalue weighted by atomic mass is 31.2. The van der Waals surface area contributed by atoms with E-state index in [0.29, 0.717) is 6.16 Å². The van der Waals surface area contributed by atoms with Gasteiger partial charge in [-0.05, 0) is 26.3 Å². The summed E-state index contributed by atoms with van der Waals surface area (Å²) >= 11 is 0. The number of hydrogen-bond donors (Lipinski definition) is 0. The first kappa shape index (κ1) is 13.8. The maximum Gasteiger partial charge on any atom is 0.273 e. The molecule has 1 saturated heterocycles. The largest absolute Gasteiger partial charge is 0.308 e. The van der Waals surface area contributed by atoms with Crippen LogP contribution in [0.3, 0.4) is 0 Å². The Morgan fingerprint density at radius 2 is 1.94 bits per heavy atom. The average Bonchev–Trinajstić information content (AvgIpc) is 2.63. The summed E-state index contributed by atoms with van der Waals surface area (Å²) in [5.74, 6) is 0. The molecule has 1 fully saturated rings. The van der Waals surface area contributed by atoms with E-state index < -0.39 is 7.52 Å². The molecular formula is C14H22NO2P. The lowest BCUT2D eigenvalue weighted by atomic mass is 10.0. The van der Waals surface area contributed by atoms with E-state index in [2.05, 4.69) is 25.4 Å². The minimum absolute atomic E-state index is 0.0839. The van der Waals surface area contributed by atoms with Gasteiger partial charge in [-0.2, -0.15) is 0 Å². The monoisotopic (exact) mass is 267 g/mol. The highest BCUT2D eigenvalue weighted by Crippen LogP contribution is 2.63. The third-order valence-corrected chi connectivity index (χ3v) is 6.43. The zero-order valence-electron chi connectivity index (χ0n) is 11.5. The van der Waals surface area contributed by atoms with E-state index in [1.165, 1.54) is 0 Å². The summed E-state index contributed by atoms with van der Waals surface area (Å²) in [6.07, 6.45) is 0.484. The van der Waals surface area contributed by atoms with Gasteiger partial charge in [0.15, 0.2) is 0 Å². The fourth-order valence-electron chi connectivity index (χ4n) is 2.78. The van der Waals surface area contributed by atoms with Crippen molar-refractivity contribution < 1.29 is 9.09 Å². The Morgan fingerprint density at radius 1 is 1.33 bits per heavy atom. The van der Waals surface area contributed by atoms with Gasteiger partial charge in [0.2, 0.25) is 0 Å². The van der Waals surface area contributed by atoms with Crippen molar-refractivity contribution in [1.29, 1.82) is 0 Å². The van der Waals surface area contributed by atoms with Crippen LogP contribution < -0.4 is 0 Å². The molecule has 0 aliphatic carbocycles. The van der Waals surface area contributed by atoms with Crippen LogP contribution in [0.4, 0.5) is 0 Å². The van der Waals surface area contributed by atoms with Crippen LogP contribution in [0.2, 0.25) is 0 Å². The predicted octanol–water partition coefficient (Wildman–Crippen LogP) is 4.07. The van der Waals surface area contributed by atoms with Crippen molar-refractivity contribution in [2.24, 2.45) is 0 Å². The molecule has 3 atom stereocenters. The van der Waals surface area contributed by atoms with E-state index in [4.69, 9.17) is 4.52 Å². The predicted molar refractivity (Wildman–Crippen MR) is 74.9 cm³/mol. The molecule has 1 aromatic rings. The van der Waals surface area contributed by atoms with Crippen molar-refractivity contribution in [2.45, 2.75) is 45.9 Å². The van der Waals surface area contributed by atoms with Crippen LogP contribution in [0.15, 0.2) is 30.3 Å². The molecule has 1 aromatic carbocycles. The quantitative estimate of drug-likeness (QED) is 0.773. The first-order valence-electron chi connectivity index (χ1n) is 6.61.